The van der Waals surface area contributed by atoms with Gasteiger partial charge >= 0.3 is 0 Å². The normalized spacial score (nSPS) is 11.1. The number of ether oxygens (including phenoxy) is 1. The maximum absolute atomic E-state index is 9.19. The third-order valence-corrected chi connectivity index (χ3v) is 3.76. The summed E-state index contributed by atoms with van der Waals surface area (Å²) in [6.45, 7) is 2.64. The standard InChI is InChI=1S/C18H16N4O.CH4O3S/c1-2-23-14-6-4-13(5-7-14)21-16-9-10-19-15-8-3-12-11-20-22-18(12)17(15)16;1-5(2,3)4/h3-11H,2H2,1H3,(H,19,21)(H,20,22);1H3,(H,2,3,4). The van der Waals surface area contributed by atoms with E-state index in [0.29, 0.717) is 12.9 Å². The fourth-order valence-electron chi connectivity index (χ4n) is 2.72. The van der Waals surface area contributed by atoms with Gasteiger partial charge in [0.1, 0.15) is 5.75 Å². The molecule has 0 radical (unpaired) electrons. The number of benzene rings is 2. The zero-order valence-electron chi connectivity index (χ0n) is 15.4. The highest BCUT2D eigenvalue weighted by Crippen LogP contribution is 2.31. The first-order chi connectivity index (χ1) is 13.3. The molecule has 8 nitrogen and oxygen atoms in total. The van der Waals surface area contributed by atoms with Crippen LogP contribution < -0.4 is 10.1 Å². The monoisotopic (exact) mass is 400 g/mol. The van der Waals surface area contributed by atoms with Crippen LogP contribution in [0.4, 0.5) is 11.4 Å². The molecule has 4 aromatic rings. The van der Waals surface area contributed by atoms with Crippen LogP contribution in [0, 0.1) is 0 Å². The highest BCUT2D eigenvalue weighted by molar-refractivity contribution is 7.85. The van der Waals surface area contributed by atoms with Crippen molar-refractivity contribution in [2.24, 2.45) is 0 Å². The molecule has 0 saturated carbocycles. The average molecular weight is 400 g/mol. The van der Waals surface area contributed by atoms with E-state index in [2.05, 4.69) is 20.5 Å². The van der Waals surface area contributed by atoms with Crippen LogP contribution in [0.1, 0.15) is 6.92 Å². The van der Waals surface area contributed by atoms with Crippen molar-refractivity contribution in [2.45, 2.75) is 6.92 Å². The lowest BCUT2D eigenvalue weighted by Crippen LogP contribution is -1.95. The lowest BCUT2D eigenvalue weighted by Gasteiger charge is -2.11. The highest BCUT2D eigenvalue weighted by atomic mass is 32.2. The van der Waals surface area contributed by atoms with Gasteiger partial charge in [-0.1, -0.05) is 0 Å². The van der Waals surface area contributed by atoms with Crippen LogP contribution in [0.3, 0.4) is 0 Å². The molecule has 146 valence electrons. The molecule has 4 rings (SSSR count). The molecule has 0 fully saturated rings. The van der Waals surface area contributed by atoms with E-state index in [-0.39, 0.29) is 0 Å². The Balaban J connectivity index is 0.000000403. The van der Waals surface area contributed by atoms with Gasteiger partial charge in [-0.15, -0.1) is 0 Å². The number of anilines is 2. The smallest absolute Gasteiger partial charge is 0.261 e. The summed E-state index contributed by atoms with van der Waals surface area (Å²) in [7, 11) is -3.67. The van der Waals surface area contributed by atoms with Gasteiger partial charge in [-0.05, 0) is 49.4 Å². The first-order valence-corrected chi connectivity index (χ1v) is 10.3. The van der Waals surface area contributed by atoms with Crippen LogP contribution in [-0.4, -0.2) is 41.0 Å². The number of hydrogen-bond donors (Lipinski definition) is 3. The number of aromatic amines is 1. The van der Waals surface area contributed by atoms with Gasteiger partial charge in [-0.3, -0.25) is 14.6 Å². The van der Waals surface area contributed by atoms with Crippen molar-refractivity contribution in [2.75, 3.05) is 18.2 Å². The lowest BCUT2D eigenvalue weighted by molar-refractivity contribution is 0.340. The Morgan fingerprint density at radius 2 is 1.86 bits per heavy atom. The summed E-state index contributed by atoms with van der Waals surface area (Å²) in [6, 6.07) is 13.9. The molecule has 2 aromatic heterocycles. The van der Waals surface area contributed by atoms with Crippen molar-refractivity contribution in [1.29, 1.82) is 0 Å². The summed E-state index contributed by atoms with van der Waals surface area (Å²) in [4.78, 5) is 4.44. The molecule has 9 heteroatoms. The van der Waals surface area contributed by atoms with Crippen LogP contribution in [0.5, 0.6) is 5.75 Å². The minimum atomic E-state index is -3.67. The van der Waals surface area contributed by atoms with Gasteiger partial charge in [-0.2, -0.15) is 13.5 Å². The Morgan fingerprint density at radius 3 is 2.54 bits per heavy atom. The second-order valence-corrected chi connectivity index (χ2v) is 7.43. The molecule has 0 saturated heterocycles. The van der Waals surface area contributed by atoms with Gasteiger partial charge in [0, 0.05) is 22.7 Å². The Labute approximate surface area is 162 Å². The van der Waals surface area contributed by atoms with E-state index in [4.69, 9.17) is 9.29 Å². The number of nitrogens with zero attached hydrogens (tertiary/aromatic N) is 2. The van der Waals surface area contributed by atoms with Crippen LogP contribution in [0.25, 0.3) is 21.8 Å². The van der Waals surface area contributed by atoms with Crippen LogP contribution in [-0.2, 0) is 10.1 Å². The molecule has 0 bridgehead atoms. The largest absolute Gasteiger partial charge is 0.494 e. The van der Waals surface area contributed by atoms with E-state index < -0.39 is 10.1 Å². The number of fused-ring (bicyclic) bond motifs is 3. The minimum absolute atomic E-state index is 0.666. The maximum atomic E-state index is 9.19. The van der Waals surface area contributed by atoms with Crippen molar-refractivity contribution in [1.82, 2.24) is 15.2 Å². The predicted molar refractivity (Wildman–Crippen MR) is 110 cm³/mol. The number of rotatable bonds is 4. The van der Waals surface area contributed by atoms with Gasteiger partial charge in [0.05, 0.1) is 35.8 Å². The molecular weight excluding hydrogens is 380 g/mol. The Hall–Kier alpha value is -3.17. The molecule has 0 atom stereocenters. The fourth-order valence-corrected chi connectivity index (χ4v) is 2.72. The second-order valence-electron chi connectivity index (χ2n) is 5.97. The Morgan fingerprint density at radius 1 is 1.14 bits per heavy atom. The van der Waals surface area contributed by atoms with Crippen molar-refractivity contribution < 1.29 is 17.7 Å². The zero-order valence-corrected chi connectivity index (χ0v) is 16.2. The van der Waals surface area contributed by atoms with Crippen LogP contribution in [0.15, 0.2) is 54.9 Å². The minimum Gasteiger partial charge on any atom is -0.494 e. The number of pyridine rings is 1. The quantitative estimate of drug-likeness (QED) is 0.447. The molecule has 0 unspecified atom stereocenters. The van der Waals surface area contributed by atoms with Crippen molar-refractivity contribution >= 4 is 43.3 Å². The number of H-pyrrole nitrogens is 1. The summed E-state index contributed by atoms with van der Waals surface area (Å²) in [5, 5.41) is 12.8. The van der Waals surface area contributed by atoms with Crippen LogP contribution >= 0.6 is 0 Å². The maximum Gasteiger partial charge on any atom is 0.261 e. The summed E-state index contributed by atoms with van der Waals surface area (Å²) >= 11 is 0. The molecule has 0 spiro atoms. The Bertz CT molecular complexity index is 1180. The number of hydrogen-bond acceptors (Lipinski definition) is 6. The van der Waals surface area contributed by atoms with Crippen molar-refractivity contribution in [3.8, 4) is 5.75 Å². The topological polar surface area (TPSA) is 117 Å². The number of aromatic nitrogens is 3. The first-order valence-electron chi connectivity index (χ1n) is 8.48. The predicted octanol–water partition coefficient (Wildman–Crippen LogP) is 3.76. The molecule has 28 heavy (non-hydrogen) atoms. The summed E-state index contributed by atoms with van der Waals surface area (Å²) in [5.74, 6) is 0.869. The fraction of sp³-hybridized carbons (Fsp3) is 0.158. The van der Waals surface area contributed by atoms with E-state index in [1.165, 1.54) is 0 Å². The second kappa shape index (κ2) is 8.24. The SMILES string of the molecule is CCOc1ccc(Nc2ccnc3ccc4cn[nH]c4c23)cc1.CS(=O)(=O)O. The van der Waals surface area contributed by atoms with Crippen LogP contribution in [0.2, 0.25) is 0 Å². The molecule has 0 aliphatic heterocycles. The molecule has 0 amide bonds. The van der Waals surface area contributed by atoms with E-state index in [0.717, 1.165) is 38.9 Å². The molecule has 2 heterocycles. The van der Waals surface area contributed by atoms with Gasteiger partial charge < -0.3 is 10.1 Å². The summed E-state index contributed by atoms with van der Waals surface area (Å²) in [6.07, 6.45) is 4.34. The zero-order chi connectivity index (χ0) is 20.1. The summed E-state index contributed by atoms with van der Waals surface area (Å²) in [5.41, 5.74) is 3.91. The van der Waals surface area contributed by atoms with E-state index in [1.807, 2.05) is 55.6 Å². The molecule has 0 aliphatic rings. The third-order valence-electron chi connectivity index (χ3n) is 3.76. The first kappa shape index (κ1) is 19.6. The molecule has 3 N–H and O–H groups in total. The van der Waals surface area contributed by atoms with Gasteiger partial charge in [0.25, 0.3) is 10.1 Å². The molecular formula is C19H20N4O4S. The Kier molecular flexibility index (Phi) is 5.76. The van der Waals surface area contributed by atoms with Gasteiger partial charge in [0.15, 0.2) is 0 Å². The molecule has 2 aromatic carbocycles. The summed E-state index contributed by atoms with van der Waals surface area (Å²) < 4.78 is 31.3. The average Bonchev–Trinajstić information content (AvgIpc) is 3.11. The number of nitrogens with one attached hydrogen (secondary N) is 2. The van der Waals surface area contributed by atoms with Crippen molar-refractivity contribution in [3.05, 3.63) is 54.9 Å². The van der Waals surface area contributed by atoms with Gasteiger partial charge in [-0.25, -0.2) is 0 Å². The molecule has 0 aliphatic carbocycles. The van der Waals surface area contributed by atoms with E-state index in [9.17, 15) is 8.42 Å². The highest BCUT2D eigenvalue weighted by Gasteiger charge is 2.08. The van der Waals surface area contributed by atoms with Gasteiger partial charge in [0.2, 0.25) is 0 Å². The van der Waals surface area contributed by atoms with E-state index in [1.54, 1.807) is 6.20 Å². The third kappa shape index (κ3) is 4.96. The van der Waals surface area contributed by atoms with E-state index >= 15 is 0 Å². The lowest BCUT2D eigenvalue weighted by atomic mass is 10.1. The van der Waals surface area contributed by atoms with Crippen molar-refractivity contribution in [3.63, 3.8) is 0 Å².